The maximum atomic E-state index is 6.06. The topological polar surface area (TPSA) is 47.9 Å². The predicted molar refractivity (Wildman–Crippen MR) is 177 cm³/mol. The largest absolute Gasteiger partial charge is 0.488 e. The first-order valence-corrected chi connectivity index (χ1v) is 14.7. The highest BCUT2D eigenvalue weighted by Gasteiger charge is 2.21. The number of benzene rings is 6. The smallest absolute Gasteiger partial charge is 0.164 e. The first-order valence-electron chi connectivity index (χ1n) is 14.7. The van der Waals surface area contributed by atoms with Crippen molar-refractivity contribution in [2.24, 2.45) is 0 Å². The third-order valence-corrected chi connectivity index (χ3v) is 8.04. The highest BCUT2D eigenvalue weighted by Crippen LogP contribution is 2.43. The Bertz CT molecular complexity index is 2120. The molecule has 4 nitrogen and oxygen atoms in total. The summed E-state index contributed by atoms with van der Waals surface area (Å²) in [6, 6.07) is 52.0. The zero-order valence-electron chi connectivity index (χ0n) is 23.9. The van der Waals surface area contributed by atoms with E-state index in [0.29, 0.717) is 24.1 Å². The highest BCUT2D eigenvalue weighted by atomic mass is 16.5. The van der Waals surface area contributed by atoms with Crippen molar-refractivity contribution in [3.8, 4) is 73.3 Å². The summed E-state index contributed by atoms with van der Waals surface area (Å²) in [4.78, 5) is 15.1. The quantitative estimate of drug-likeness (QED) is 0.208. The molecule has 8 rings (SSSR count). The molecule has 0 spiro atoms. The fourth-order valence-corrected chi connectivity index (χ4v) is 5.95. The van der Waals surface area contributed by atoms with Gasteiger partial charge in [-0.15, -0.1) is 0 Å². The lowest BCUT2D eigenvalue weighted by molar-refractivity contribution is 0.302. The molecule has 4 heteroatoms. The molecule has 1 aromatic heterocycles. The van der Waals surface area contributed by atoms with Crippen LogP contribution in [-0.4, -0.2) is 15.0 Å². The minimum atomic E-state index is 0.554. The van der Waals surface area contributed by atoms with E-state index in [0.717, 1.165) is 50.3 Å². The summed E-state index contributed by atoms with van der Waals surface area (Å²) in [5.41, 5.74) is 10.8. The molecule has 208 valence electrons. The van der Waals surface area contributed by atoms with Crippen molar-refractivity contribution >= 4 is 0 Å². The molecule has 0 fully saturated rings. The Morgan fingerprint density at radius 3 is 1.73 bits per heavy atom. The summed E-state index contributed by atoms with van der Waals surface area (Å²) in [5.74, 6) is 2.83. The molecular formula is C40H27N3O. The lowest BCUT2D eigenvalue weighted by Crippen LogP contribution is -2.06. The van der Waals surface area contributed by atoms with Crippen molar-refractivity contribution in [1.29, 1.82) is 0 Å². The number of para-hydroxylation sites is 1. The normalized spacial score (nSPS) is 11.7. The minimum Gasteiger partial charge on any atom is -0.488 e. The Labute approximate surface area is 256 Å². The molecule has 2 heterocycles. The second-order valence-electron chi connectivity index (χ2n) is 10.8. The number of nitrogens with zero attached hydrogens (tertiary/aromatic N) is 3. The van der Waals surface area contributed by atoms with Crippen LogP contribution >= 0.6 is 0 Å². The molecule has 0 aliphatic carbocycles. The Balaban J connectivity index is 1.30. The minimum absolute atomic E-state index is 0.554. The van der Waals surface area contributed by atoms with Gasteiger partial charge in [-0.3, -0.25) is 0 Å². The van der Waals surface area contributed by atoms with Crippen molar-refractivity contribution in [1.82, 2.24) is 15.0 Å². The highest BCUT2D eigenvalue weighted by molar-refractivity contribution is 5.90. The van der Waals surface area contributed by atoms with Crippen LogP contribution in [-0.2, 0) is 6.61 Å². The third kappa shape index (κ3) is 4.73. The maximum Gasteiger partial charge on any atom is 0.164 e. The van der Waals surface area contributed by atoms with Gasteiger partial charge in [-0.25, -0.2) is 15.0 Å². The summed E-state index contributed by atoms with van der Waals surface area (Å²) in [5, 5.41) is 0. The third-order valence-electron chi connectivity index (χ3n) is 8.04. The van der Waals surface area contributed by atoms with Gasteiger partial charge in [0, 0.05) is 22.3 Å². The molecule has 0 N–H and O–H groups in total. The van der Waals surface area contributed by atoms with Gasteiger partial charge in [0.25, 0.3) is 0 Å². The molecule has 0 atom stereocenters. The zero-order chi connectivity index (χ0) is 29.3. The Hall–Kier alpha value is -5.87. The molecule has 0 radical (unpaired) electrons. The molecule has 1 aliphatic rings. The Morgan fingerprint density at radius 1 is 0.386 bits per heavy atom. The second kappa shape index (κ2) is 11.1. The van der Waals surface area contributed by atoms with E-state index in [1.165, 1.54) is 11.1 Å². The summed E-state index contributed by atoms with van der Waals surface area (Å²) in [7, 11) is 0. The second-order valence-corrected chi connectivity index (χ2v) is 10.8. The van der Waals surface area contributed by atoms with Gasteiger partial charge in [-0.05, 0) is 45.5 Å². The van der Waals surface area contributed by atoms with E-state index in [1.54, 1.807) is 0 Å². The van der Waals surface area contributed by atoms with Gasteiger partial charge in [0.05, 0.1) is 0 Å². The van der Waals surface area contributed by atoms with Gasteiger partial charge < -0.3 is 4.74 Å². The van der Waals surface area contributed by atoms with Gasteiger partial charge >= 0.3 is 0 Å². The Kier molecular flexibility index (Phi) is 6.50. The van der Waals surface area contributed by atoms with Crippen LogP contribution in [0.4, 0.5) is 0 Å². The summed E-state index contributed by atoms with van der Waals surface area (Å²) in [6.07, 6.45) is 0. The number of ether oxygens (including phenoxy) is 1. The fraction of sp³-hybridized carbons (Fsp3) is 0.0250. The average Bonchev–Trinajstić information content (AvgIpc) is 3.12. The van der Waals surface area contributed by atoms with E-state index in [-0.39, 0.29) is 0 Å². The molecule has 0 saturated heterocycles. The van der Waals surface area contributed by atoms with Crippen molar-refractivity contribution in [2.75, 3.05) is 0 Å². The van der Waals surface area contributed by atoms with Gasteiger partial charge in [0.1, 0.15) is 12.4 Å². The van der Waals surface area contributed by atoms with Gasteiger partial charge in [0.15, 0.2) is 17.5 Å². The lowest BCUT2D eigenvalue weighted by atomic mass is 9.88. The average molecular weight is 566 g/mol. The van der Waals surface area contributed by atoms with Crippen LogP contribution in [0.15, 0.2) is 152 Å². The first kappa shape index (κ1) is 25.8. The maximum absolute atomic E-state index is 6.06. The van der Waals surface area contributed by atoms with Crippen molar-refractivity contribution in [3.05, 3.63) is 157 Å². The number of fused-ring (bicyclic) bond motifs is 3. The summed E-state index contributed by atoms with van der Waals surface area (Å²) >= 11 is 0. The molecule has 6 aromatic carbocycles. The summed E-state index contributed by atoms with van der Waals surface area (Å²) in [6.45, 7) is 0.554. The SMILES string of the molecule is c1ccc(-c2nc(-c3cccc(-c4cccc5c4-c4ccccc4OC5)c3)nc(-c3ccccc3-c3ccccc3)n2)cc1. The van der Waals surface area contributed by atoms with Crippen LogP contribution in [0.3, 0.4) is 0 Å². The number of hydrogen-bond donors (Lipinski definition) is 0. The van der Waals surface area contributed by atoms with E-state index in [1.807, 2.05) is 54.6 Å². The number of rotatable bonds is 5. The van der Waals surface area contributed by atoms with E-state index in [4.69, 9.17) is 19.7 Å². The molecule has 0 amide bonds. The number of hydrogen-bond acceptors (Lipinski definition) is 4. The van der Waals surface area contributed by atoms with Gasteiger partial charge in [-0.1, -0.05) is 140 Å². The van der Waals surface area contributed by atoms with Crippen molar-refractivity contribution in [3.63, 3.8) is 0 Å². The van der Waals surface area contributed by atoms with Crippen molar-refractivity contribution < 1.29 is 4.74 Å². The van der Waals surface area contributed by atoms with E-state index in [2.05, 4.69) is 97.1 Å². The molecular weight excluding hydrogens is 538 g/mol. The summed E-state index contributed by atoms with van der Waals surface area (Å²) < 4.78 is 6.06. The zero-order valence-corrected chi connectivity index (χ0v) is 23.9. The van der Waals surface area contributed by atoms with E-state index in [9.17, 15) is 0 Å². The Morgan fingerprint density at radius 2 is 0.932 bits per heavy atom. The molecule has 44 heavy (non-hydrogen) atoms. The molecule has 1 aliphatic heterocycles. The van der Waals surface area contributed by atoms with Crippen LogP contribution in [0.2, 0.25) is 0 Å². The fourth-order valence-electron chi connectivity index (χ4n) is 5.95. The van der Waals surface area contributed by atoms with Gasteiger partial charge in [0.2, 0.25) is 0 Å². The standard InChI is InChI=1S/C40H27N3O/c1-3-13-27(14-4-1)32-20-7-8-21-34(32)40-42-38(28-15-5-2-6-16-28)41-39(43-40)30-18-11-17-29(25-30)33-23-12-19-31-26-44-36-24-10-9-22-35(36)37(31)33/h1-25H,26H2. The molecule has 0 bridgehead atoms. The van der Waals surface area contributed by atoms with Crippen LogP contribution in [0, 0.1) is 0 Å². The van der Waals surface area contributed by atoms with Crippen LogP contribution < -0.4 is 4.74 Å². The van der Waals surface area contributed by atoms with Gasteiger partial charge in [-0.2, -0.15) is 0 Å². The van der Waals surface area contributed by atoms with Crippen molar-refractivity contribution in [2.45, 2.75) is 6.61 Å². The lowest BCUT2D eigenvalue weighted by Gasteiger charge is -2.23. The first-order chi connectivity index (χ1) is 21.8. The van der Waals surface area contributed by atoms with Crippen LogP contribution in [0.5, 0.6) is 5.75 Å². The van der Waals surface area contributed by atoms with Crippen LogP contribution in [0.1, 0.15) is 5.56 Å². The number of aromatic nitrogens is 3. The monoisotopic (exact) mass is 565 g/mol. The van der Waals surface area contributed by atoms with E-state index >= 15 is 0 Å². The van der Waals surface area contributed by atoms with Crippen LogP contribution in [0.25, 0.3) is 67.5 Å². The predicted octanol–water partition coefficient (Wildman–Crippen LogP) is 9.77. The van der Waals surface area contributed by atoms with E-state index < -0.39 is 0 Å². The molecule has 7 aromatic rings. The molecule has 0 saturated carbocycles. The molecule has 0 unspecified atom stereocenters.